The summed E-state index contributed by atoms with van der Waals surface area (Å²) in [4.78, 5) is 8.88. The molecule has 2 heterocycles. The largest absolute Gasteiger partial charge is 0.494 e. The molecule has 2 aromatic carbocycles. The molecule has 7 nitrogen and oxygen atoms in total. The summed E-state index contributed by atoms with van der Waals surface area (Å²) in [5, 5.41) is 12.0. The third-order valence-corrected chi connectivity index (χ3v) is 4.21. The van der Waals surface area contributed by atoms with Crippen LogP contribution in [0.4, 0.5) is 17.5 Å². The number of nitrogens with zero attached hydrogens (tertiary/aromatic N) is 4. The molecule has 0 fully saturated rings. The number of rotatable bonds is 5. The predicted octanol–water partition coefficient (Wildman–Crippen LogP) is 3.92. The zero-order valence-corrected chi connectivity index (χ0v) is 15.4. The number of anilines is 3. The van der Waals surface area contributed by atoms with Crippen LogP contribution in [-0.4, -0.2) is 33.9 Å². The summed E-state index contributed by atoms with van der Waals surface area (Å²) >= 11 is 0. The van der Waals surface area contributed by atoms with Crippen LogP contribution in [0.2, 0.25) is 0 Å². The van der Waals surface area contributed by atoms with Gasteiger partial charge in [-0.05, 0) is 31.2 Å². The molecule has 0 amide bonds. The van der Waals surface area contributed by atoms with Gasteiger partial charge in [0.1, 0.15) is 17.3 Å². The van der Waals surface area contributed by atoms with E-state index in [1.54, 1.807) is 7.11 Å². The molecule has 136 valence electrons. The number of nitrogens with one attached hydrogen (secondary N) is 2. The highest BCUT2D eigenvalue weighted by molar-refractivity contribution is 5.78. The van der Waals surface area contributed by atoms with Crippen LogP contribution in [0.25, 0.3) is 16.6 Å². The standard InChI is InChI=1S/C20H20N6O/c1-13-10-19(21-2)24-20(22-13)23-15-8-9-18(27-3)17(11-15)26-12-14-6-4-5-7-16(14)25-26/h4-12H,1-3H3,(H2,21,22,23,24). The van der Waals surface area contributed by atoms with Crippen molar-refractivity contribution in [3.63, 3.8) is 0 Å². The van der Waals surface area contributed by atoms with E-state index in [-0.39, 0.29) is 0 Å². The highest BCUT2D eigenvalue weighted by Gasteiger charge is 2.10. The summed E-state index contributed by atoms with van der Waals surface area (Å²) in [6, 6.07) is 15.7. The molecular weight excluding hydrogens is 340 g/mol. The van der Waals surface area contributed by atoms with Crippen molar-refractivity contribution < 1.29 is 4.74 Å². The van der Waals surface area contributed by atoms with E-state index in [2.05, 4.69) is 25.7 Å². The van der Waals surface area contributed by atoms with Crippen LogP contribution >= 0.6 is 0 Å². The van der Waals surface area contributed by atoms with Crippen LogP contribution < -0.4 is 15.4 Å². The van der Waals surface area contributed by atoms with E-state index >= 15 is 0 Å². The van der Waals surface area contributed by atoms with Crippen molar-refractivity contribution in [2.75, 3.05) is 24.8 Å². The molecule has 0 saturated heterocycles. The van der Waals surface area contributed by atoms with Crippen LogP contribution in [0.3, 0.4) is 0 Å². The molecule has 0 spiro atoms. The second kappa shape index (κ2) is 6.95. The third-order valence-electron chi connectivity index (χ3n) is 4.21. The van der Waals surface area contributed by atoms with Gasteiger partial charge in [0.2, 0.25) is 5.95 Å². The fourth-order valence-electron chi connectivity index (χ4n) is 2.92. The molecule has 0 radical (unpaired) electrons. The summed E-state index contributed by atoms with van der Waals surface area (Å²) in [5.74, 6) is 2.02. The smallest absolute Gasteiger partial charge is 0.229 e. The lowest BCUT2D eigenvalue weighted by Crippen LogP contribution is -2.04. The summed E-state index contributed by atoms with van der Waals surface area (Å²) in [6.45, 7) is 1.93. The fourth-order valence-corrected chi connectivity index (χ4v) is 2.92. The molecule has 7 heteroatoms. The number of ether oxygens (including phenoxy) is 1. The van der Waals surface area contributed by atoms with Crippen molar-refractivity contribution in [2.45, 2.75) is 6.92 Å². The van der Waals surface area contributed by atoms with Gasteiger partial charge in [-0.25, -0.2) is 9.67 Å². The van der Waals surface area contributed by atoms with Gasteiger partial charge in [0.25, 0.3) is 0 Å². The highest BCUT2D eigenvalue weighted by Crippen LogP contribution is 2.28. The minimum atomic E-state index is 0.529. The van der Waals surface area contributed by atoms with Crippen molar-refractivity contribution in [1.82, 2.24) is 19.7 Å². The Bertz CT molecular complexity index is 1070. The van der Waals surface area contributed by atoms with Gasteiger partial charge in [0, 0.05) is 36.1 Å². The number of benzene rings is 2. The van der Waals surface area contributed by atoms with E-state index in [0.717, 1.165) is 39.5 Å². The normalized spacial score (nSPS) is 10.8. The van der Waals surface area contributed by atoms with E-state index in [1.807, 2.05) is 73.4 Å². The van der Waals surface area contributed by atoms with Crippen LogP contribution in [0.15, 0.2) is 54.7 Å². The van der Waals surface area contributed by atoms with Crippen molar-refractivity contribution in [3.05, 3.63) is 60.4 Å². The van der Waals surface area contributed by atoms with E-state index in [0.29, 0.717) is 5.95 Å². The molecule has 0 bridgehead atoms. The zero-order chi connectivity index (χ0) is 18.8. The Labute approximate surface area is 157 Å². The van der Waals surface area contributed by atoms with Gasteiger partial charge in [-0.2, -0.15) is 10.1 Å². The Morgan fingerprint density at radius 3 is 2.67 bits per heavy atom. The lowest BCUT2D eigenvalue weighted by molar-refractivity contribution is 0.412. The highest BCUT2D eigenvalue weighted by atomic mass is 16.5. The predicted molar refractivity (Wildman–Crippen MR) is 107 cm³/mol. The Balaban J connectivity index is 1.73. The summed E-state index contributed by atoms with van der Waals surface area (Å²) in [5.41, 5.74) is 3.49. The van der Waals surface area contributed by atoms with Crippen molar-refractivity contribution in [3.8, 4) is 11.4 Å². The number of hydrogen-bond acceptors (Lipinski definition) is 6. The summed E-state index contributed by atoms with van der Waals surface area (Å²) < 4.78 is 7.35. The lowest BCUT2D eigenvalue weighted by atomic mass is 10.2. The second-order valence-electron chi connectivity index (χ2n) is 6.11. The number of hydrogen-bond donors (Lipinski definition) is 2. The fraction of sp³-hybridized carbons (Fsp3) is 0.150. The molecule has 2 N–H and O–H groups in total. The molecule has 4 aromatic rings. The Kier molecular flexibility index (Phi) is 4.33. The molecule has 0 aliphatic carbocycles. The molecule has 0 unspecified atom stereocenters. The van der Waals surface area contributed by atoms with Crippen LogP contribution in [0, 0.1) is 6.92 Å². The number of aromatic nitrogens is 4. The molecule has 0 aliphatic heterocycles. The summed E-state index contributed by atoms with van der Waals surface area (Å²) in [6.07, 6.45) is 1.99. The van der Waals surface area contributed by atoms with Crippen LogP contribution in [0.5, 0.6) is 5.75 Å². The van der Waals surface area contributed by atoms with E-state index < -0.39 is 0 Å². The Hall–Kier alpha value is -3.61. The number of methoxy groups -OCH3 is 1. The molecular formula is C20H20N6O. The number of aryl methyl sites for hydroxylation is 1. The van der Waals surface area contributed by atoms with E-state index in [4.69, 9.17) is 4.74 Å². The minimum Gasteiger partial charge on any atom is -0.494 e. The van der Waals surface area contributed by atoms with Gasteiger partial charge >= 0.3 is 0 Å². The van der Waals surface area contributed by atoms with Crippen LogP contribution in [-0.2, 0) is 0 Å². The maximum absolute atomic E-state index is 5.53. The quantitative estimate of drug-likeness (QED) is 0.562. The maximum Gasteiger partial charge on any atom is 0.229 e. The zero-order valence-electron chi connectivity index (χ0n) is 15.4. The first-order valence-electron chi connectivity index (χ1n) is 8.59. The van der Waals surface area contributed by atoms with Gasteiger partial charge < -0.3 is 15.4 Å². The molecule has 4 rings (SSSR count). The molecule has 27 heavy (non-hydrogen) atoms. The third kappa shape index (κ3) is 3.39. The Morgan fingerprint density at radius 2 is 1.89 bits per heavy atom. The van der Waals surface area contributed by atoms with Gasteiger partial charge in [0.05, 0.1) is 12.6 Å². The van der Waals surface area contributed by atoms with Crippen molar-refractivity contribution >= 4 is 28.4 Å². The van der Waals surface area contributed by atoms with Crippen LogP contribution in [0.1, 0.15) is 5.69 Å². The molecule has 2 aromatic heterocycles. The number of fused-ring (bicyclic) bond motifs is 1. The average molecular weight is 360 g/mol. The van der Waals surface area contributed by atoms with Gasteiger partial charge in [-0.15, -0.1) is 0 Å². The van der Waals surface area contributed by atoms with Gasteiger partial charge in [-0.3, -0.25) is 0 Å². The first-order valence-corrected chi connectivity index (χ1v) is 8.59. The molecule has 0 atom stereocenters. The SMILES string of the molecule is CNc1cc(C)nc(Nc2ccc(OC)c(-n3cc4ccccc4n3)c2)n1. The van der Waals surface area contributed by atoms with Crippen molar-refractivity contribution in [1.29, 1.82) is 0 Å². The average Bonchev–Trinajstić information content (AvgIpc) is 3.11. The molecule has 0 saturated carbocycles. The maximum atomic E-state index is 5.53. The Morgan fingerprint density at radius 1 is 1.04 bits per heavy atom. The monoisotopic (exact) mass is 360 g/mol. The van der Waals surface area contributed by atoms with E-state index in [1.165, 1.54) is 0 Å². The molecule has 0 aliphatic rings. The van der Waals surface area contributed by atoms with Crippen molar-refractivity contribution in [2.24, 2.45) is 0 Å². The van der Waals surface area contributed by atoms with E-state index in [9.17, 15) is 0 Å². The lowest BCUT2D eigenvalue weighted by Gasteiger charge is -2.12. The second-order valence-corrected chi connectivity index (χ2v) is 6.11. The first kappa shape index (κ1) is 16.8. The van der Waals surface area contributed by atoms with Gasteiger partial charge in [0.15, 0.2) is 0 Å². The first-order chi connectivity index (χ1) is 13.2. The topological polar surface area (TPSA) is 76.9 Å². The van der Waals surface area contributed by atoms with Gasteiger partial charge in [-0.1, -0.05) is 18.2 Å². The minimum absolute atomic E-state index is 0.529. The summed E-state index contributed by atoms with van der Waals surface area (Å²) in [7, 11) is 3.48.